The van der Waals surface area contributed by atoms with E-state index in [1.54, 1.807) is 0 Å². The van der Waals surface area contributed by atoms with E-state index < -0.39 is 0 Å². The second kappa shape index (κ2) is 9.99. The highest BCUT2D eigenvalue weighted by Crippen LogP contribution is 2.05. The van der Waals surface area contributed by atoms with Crippen molar-refractivity contribution >= 4 is 0 Å². The molecule has 1 rings (SSSR count). The van der Waals surface area contributed by atoms with Gasteiger partial charge in [-0.3, -0.25) is 0 Å². The zero-order valence-corrected chi connectivity index (χ0v) is 12.9. The molecule has 2 nitrogen and oxygen atoms in total. The van der Waals surface area contributed by atoms with E-state index in [-0.39, 0.29) is 0 Å². The maximum atomic E-state index is 3.58. The second-order valence-corrected chi connectivity index (χ2v) is 5.46. The SMILES string of the molecule is CCC(CC)CNCCCN(C)Cc1ccccc1. The van der Waals surface area contributed by atoms with Gasteiger partial charge < -0.3 is 10.2 Å². The van der Waals surface area contributed by atoms with Crippen molar-refractivity contribution in [1.29, 1.82) is 0 Å². The first kappa shape index (κ1) is 16.2. The number of nitrogens with zero attached hydrogens (tertiary/aromatic N) is 1. The van der Waals surface area contributed by atoms with Gasteiger partial charge in [-0.05, 0) is 44.6 Å². The Balaban J connectivity index is 2.06. The zero-order valence-electron chi connectivity index (χ0n) is 12.9. The van der Waals surface area contributed by atoms with Crippen molar-refractivity contribution in [2.24, 2.45) is 5.92 Å². The highest BCUT2D eigenvalue weighted by atomic mass is 15.1. The summed E-state index contributed by atoms with van der Waals surface area (Å²) in [7, 11) is 2.20. The molecule has 0 aliphatic heterocycles. The Labute approximate surface area is 119 Å². The topological polar surface area (TPSA) is 15.3 Å². The molecule has 0 bridgehead atoms. The molecule has 0 aliphatic rings. The first-order chi connectivity index (χ1) is 9.26. The molecular weight excluding hydrogens is 232 g/mol. The molecule has 0 atom stereocenters. The van der Waals surface area contributed by atoms with Crippen LogP contribution in [0.25, 0.3) is 0 Å². The van der Waals surface area contributed by atoms with Crippen LogP contribution < -0.4 is 5.32 Å². The van der Waals surface area contributed by atoms with Crippen LogP contribution in [0.2, 0.25) is 0 Å². The predicted octanol–water partition coefficient (Wildman–Crippen LogP) is 3.53. The van der Waals surface area contributed by atoms with Gasteiger partial charge in [-0.25, -0.2) is 0 Å². The number of nitrogens with one attached hydrogen (secondary N) is 1. The highest BCUT2D eigenvalue weighted by Gasteiger charge is 2.03. The molecule has 0 unspecified atom stereocenters. The van der Waals surface area contributed by atoms with Crippen molar-refractivity contribution in [3.8, 4) is 0 Å². The molecule has 0 aliphatic carbocycles. The van der Waals surface area contributed by atoms with E-state index in [4.69, 9.17) is 0 Å². The van der Waals surface area contributed by atoms with E-state index in [2.05, 4.69) is 61.4 Å². The summed E-state index contributed by atoms with van der Waals surface area (Å²) in [6, 6.07) is 10.7. The molecule has 0 saturated carbocycles. The summed E-state index contributed by atoms with van der Waals surface area (Å²) in [5, 5.41) is 3.58. The maximum Gasteiger partial charge on any atom is 0.0230 e. The second-order valence-electron chi connectivity index (χ2n) is 5.46. The van der Waals surface area contributed by atoms with Gasteiger partial charge in [0.05, 0.1) is 0 Å². The summed E-state index contributed by atoms with van der Waals surface area (Å²) in [5.41, 5.74) is 1.40. The van der Waals surface area contributed by atoms with Crippen LogP contribution in [0, 0.1) is 5.92 Å². The summed E-state index contributed by atoms with van der Waals surface area (Å²) < 4.78 is 0. The van der Waals surface area contributed by atoms with Gasteiger partial charge >= 0.3 is 0 Å². The minimum Gasteiger partial charge on any atom is -0.316 e. The van der Waals surface area contributed by atoms with Gasteiger partial charge in [-0.2, -0.15) is 0 Å². The molecule has 1 aromatic rings. The van der Waals surface area contributed by atoms with Gasteiger partial charge in [0.2, 0.25) is 0 Å². The highest BCUT2D eigenvalue weighted by molar-refractivity contribution is 5.14. The largest absolute Gasteiger partial charge is 0.316 e. The Morgan fingerprint density at radius 2 is 1.79 bits per heavy atom. The molecule has 0 amide bonds. The molecule has 0 radical (unpaired) electrons. The van der Waals surface area contributed by atoms with Crippen LogP contribution in [0.4, 0.5) is 0 Å². The third kappa shape index (κ3) is 7.34. The van der Waals surface area contributed by atoms with Crippen molar-refractivity contribution in [1.82, 2.24) is 10.2 Å². The molecule has 19 heavy (non-hydrogen) atoms. The molecule has 0 saturated heterocycles. The lowest BCUT2D eigenvalue weighted by Crippen LogP contribution is -2.27. The molecule has 0 heterocycles. The van der Waals surface area contributed by atoms with Crippen molar-refractivity contribution in [2.45, 2.75) is 39.7 Å². The van der Waals surface area contributed by atoms with Crippen LogP contribution in [0.5, 0.6) is 0 Å². The minimum atomic E-state index is 0.849. The van der Waals surface area contributed by atoms with Gasteiger partial charge in [0.25, 0.3) is 0 Å². The fraction of sp³-hybridized carbons (Fsp3) is 0.647. The van der Waals surface area contributed by atoms with E-state index in [0.29, 0.717) is 0 Å². The van der Waals surface area contributed by atoms with Crippen LogP contribution in [-0.2, 0) is 6.54 Å². The first-order valence-electron chi connectivity index (χ1n) is 7.69. The third-order valence-corrected chi connectivity index (χ3v) is 3.78. The smallest absolute Gasteiger partial charge is 0.0230 e. The fourth-order valence-electron chi connectivity index (χ4n) is 2.33. The van der Waals surface area contributed by atoms with Crippen LogP contribution in [-0.4, -0.2) is 31.6 Å². The summed E-state index contributed by atoms with van der Waals surface area (Å²) in [6.07, 6.45) is 3.80. The Bertz CT molecular complexity index is 306. The molecule has 0 spiro atoms. The zero-order chi connectivity index (χ0) is 13.9. The van der Waals surface area contributed by atoms with Gasteiger partial charge in [-0.1, -0.05) is 57.0 Å². The Kier molecular flexibility index (Phi) is 8.52. The molecular formula is C17H30N2. The third-order valence-electron chi connectivity index (χ3n) is 3.78. The maximum absolute atomic E-state index is 3.58. The molecule has 0 aromatic heterocycles. The quantitative estimate of drug-likeness (QED) is 0.649. The molecule has 1 aromatic carbocycles. The Morgan fingerprint density at radius 1 is 1.11 bits per heavy atom. The van der Waals surface area contributed by atoms with Crippen molar-refractivity contribution in [2.75, 3.05) is 26.7 Å². The Morgan fingerprint density at radius 3 is 2.42 bits per heavy atom. The van der Waals surface area contributed by atoms with Gasteiger partial charge in [-0.15, -0.1) is 0 Å². The number of hydrogen-bond donors (Lipinski definition) is 1. The van der Waals surface area contributed by atoms with Crippen LogP contribution in [0.3, 0.4) is 0 Å². The number of rotatable bonds is 10. The van der Waals surface area contributed by atoms with Crippen LogP contribution in [0.1, 0.15) is 38.7 Å². The normalized spacial score (nSPS) is 11.4. The van der Waals surface area contributed by atoms with E-state index in [9.17, 15) is 0 Å². The standard InChI is InChI=1S/C17H30N2/c1-4-16(5-2)14-18-12-9-13-19(3)15-17-10-7-6-8-11-17/h6-8,10-11,16,18H,4-5,9,12-15H2,1-3H3. The minimum absolute atomic E-state index is 0.849. The van der Waals surface area contributed by atoms with Gasteiger partial charge in [0, 0.05) is 6.54 Å². The first-order valence-corrected chi connectivity index (χ1v) is 7.69. The van der Waals surface area contributed by atoms with Gasteiger partial charge in [0.15, 0.2) is 0 Å². The monoisotopic (exact) mass is 262 g/mol. The van der Waals surface area contributed by atoms with Crippen molar-refractivity contribution < 1.29 is 0 Å². The van der Waals surface area contributed by atoms with E-state index >= 15 is 0 Å². The van der Waals surface area contributed by atoms with Crippen LogP contribution in [0.15, 0.2) is 30.3 Å². The fourth-order valence-corrected chi connectivity index (χ4v) is 2.33. The lowest BCUT2D eigenvalue weighted by Gasteiger charge is -2.17. The lowest BCUT2D eigenvalue weighted by atomic mass is 10.0. The molecule has 0 fully saturated rings. The van der Waals surface area contributed by atoms with Crippen molar-refractivity contribution in [3.05, 3.63) is 35.9 Å². The van der Waals surface area contributed by atoms with Crippen LogP contribution >= 0.6 is 0 Å². The van der Waals surface area contributed by atoms with E-state index in [0.717, 1.165) is 25.6 Å². The molecule has 2 heteroatoms. The van der Waals surface area contributed by atoms with Gasteiger partial charge in [0.1, 0.15) is 0 Å². The number of benzene rings is 1. The van der Waals surface area contributed by atoms with E-state index in [1.165, 1.54) is 31.4 Å². The Hall–Kier alpha value is -0.860. The predicted molar refractivity (Wildman–Crippen MR) is 84.3 cm³/mol. The number of hydrogen-bond acceptors (Lipinski definition) is 2. The van der Waals surface area contributed by atoms with E-state index in [1.807, 2.05) is 0 Å². The summed E-state index contributed by atoms with van der Waals surface area (Å²) >= 11 is 0. The molecule has 108 valence electrons. The van der Waals surface area contributed by atoms with Crippen molar-refractivity contribution in [3.63, 3.8) is 0 Å². The summed E-state index contributed by atoms with van der Waals surface area (Å²) in [4.78, 5) is 2.40. The average Bonchev–Trinajstić information content (AvgIpc) is 2.44. The summed E-state index contributed by atoms with van der Waals surface area (Å²) in [6.45, 7) is 9.08. The summed E-state index contributed by atoms with van der Waals surface area (Å²) in [5.74, 6) is 0.849. The lowest BCUT2D eigenvalue weighted by molar-refractivity contribution is 0.317. The average molecular weight is 262 g/mol. The molecule has 1 N–H and O–H groups in total.